The number of nitrogens with zero attached hydrogens (tertiary/aromatic N) is 1. The third-order valence-corrected chi connectivity index (χ3v) is 8.32. The predicted octanol–water partition coefficient (Wildman–Crippen LogP) is 6.14. The lowest BCUT2D eigenvalue weighted by Gasteiger charge is -2.27. The summed E-state index contributed by atoms with van der Waals surface area (Å²) in [6.07, 6.45) is -0.961. The van der Waals surface area contributed by atoms with E-state index >= 15 is 0 Å². The van der Waals surface area contributed by atoms with Crippen LogP contribution in [0.4, 0.5) is 5.69 Å². The fraction of sp³-hybridized carbons (Fsp3) is 0.152. The number of halogens is 1. The van der Waals surface area contributed by atoms with Crippen molar-refractivity contribution in [1.29, 1.82) is 0 Å². The lowest BCUT2D eigenvalue weighted by molar-refractivity contribution is -0.127. The molecule has 0 saturated carbocycles. The number of aryl methyl sites for hydroxylation is 1. The highest BCUT2D eigenvalue weighted by atomic mass is 35.5. The molecule has 0 N–H and O–H groups in total. The van der Waals surface area contributed by atoms with Gasteiger partial charge in [0, 0.05) is 16.1 Å². The number of benzene rings is 4. The van der Waals surface area contributed by atoms with Gasteiger partial charge in [-0.2, -0.15) is 0 Å². The first-order valence-corrected chi connectivity index (χ1v) is 13.5. The lowest BCUT2D eigenvalue weighted by Crippen LogP contribution is -2.51. The highest BCUT2D eigenvalue weighted by Crippen LogP contribution is 2.57. The number of hydrogen-bond acceptors (Lipinski definition) is 6. The van der Waals surface area contributed by atoms with Gasteiger partial charge in [0.25, 0.3) is 0 Å². The van der Waals surface area contributed by atoms with E-state index in [1.807, 2.05) is 19.1 Å². The Morgan fingerprint density at radius 2 is 1.29 bits per heavy atom. The van der Waals surface area contributed by atoms with E-state index < -0.39 is 46.9 Å². The van der Waals surface area contributed by atoms with Crippen LogP contribution in [0.1, 0.15) is 37.9 Å². The van der Waals surface area contributed by atoms with E-state index in [2.05, 4.69) is 0 Å². The molecule has 3 atom stereocenters. The number of amides is 2. The number of carbonyl (C=O) groups is 4. The molecular weight excluding hydrogens is 542 g/mol. The number of carbonyl (C=O) groups excluding carboxylic acids is 4. The Morgan fingerprint density at radius 3 is 1.88 bits per heavy atom. The highest BCUT2D eigenvalue weighted by Gasteiger charge is 2.74. The lowest BCUT2D eigenvalue weighted by atomic mass is 9.77. The Kier molecular flexibility index (Phi) is 5.71. The van der Waals surface area contributed by atoms with Gasteiger partial charge in [-0.15, -0.1) is 0 Å². The van der Waals surface area contributed by atoms with Crippen LogP contribution >= 0.6 is 11.6 Å². The van der Waals surface area contributed by atoms with Crippen LogP contribution < -0.4 is 9.64 Å². The molecule has 202 valence electrons. The van der Waals surface area contributed by atoms with E-state index in [9.17, 15) is 19.2 Å². The van der Waals surface area contributed by atoms with Gasteiger partial charge in [0.05, 0.1) is 23.6 Å². The zero-order chi connectivity index (χ0) is 28.5. The second-order valence-electron chi connectivity index (χ2n) is 10.5. The standard InChI is InChI=1S/C33H22ClNO6/c1-18-6-8-19(9-7-18)28-26-27(33(41-28)29(36)24-4-2-3-5-25(24)30(33)37)32(39)35(31(26)38)21-12-16-23(17-13-21)40-22-14-10-20(34)11-15-22/h2-17,26-28H,1H3/t26-,27+,28+/m1/s1. The largest absolute Gasteiger partial charge is 0.457 e. The fourth-order valence-electron chi connectivity index (χ4n) is 6.13. The van der Waals surface area contributed by atoms with Crippen molar-refractivity contribution in [3.63, 3.8) is 0 Å². The minimum atomic E-state index is -2.11. The van der Waals surface area contributed by atoms with Gasteiger partial charge in [0.2, 0.25) is 29.0 Å². The molecule has 2 amide bonds. The van der Waals surface area contributed by atoms with Crippen LogP contribution in [0.2, 0.25) is 5.02 Å². The number of ether oxygens (including phenoxy) is 2. The molecule has 1 aliphatic carbocycles. The van der Waals surface area contributed by atoms with Gasteiger partial charge in [-0.05, 0) is 61.0 Å². The molecule has 0 unspecified atom stereocenters. The topological polar surface area (TPSA) is 90.0 Å². The summed E-state index contributed by atoms with van der Waals surface area (Å²) in [4.78, 5) is 57.0. The van der Waals surface area contributed by atoms with Crippen LogP contribution in [0.5, 0.6) is 11.5 Å². The van der Waals surface area contributed by atoms with Crippen molar-refractivity contribution < 1.29 is 28.7 Å². The Labute approximate surface area is 240 Å². The Hall–Kier alpha value is -4.59. The zero-order valence-electron chi connectivity index (χ0n) is 21.7. The van der Waals surface area contributed by atoms with Gasteiger partial charge in [-0.1, -0.05) is 65.7 Å². The summed E-state index contributed by atoms with van der Waals surface area (Å²) >= 11 is 5.95. The molecule has 2 saturated heterocycles. The summed E-state index contributed by atoms with van der Waals surface area (Å²) in [5.74, 6) is -3.64. The van der Waals surface area contributed by atoms with Gasteiger partial charge in [0.1, 0.15) is 11.5 Å². The van der Waals surface area contributed by atoms with Gasteiger partial charge >= 0.3 is 0 Å². The fourth-order valence-corrected chi connectivity index (χ4v) is 6.26. The summed E-state index contributed by atoms with van der Waals surface area (Å²) in [5, 5.41) is 0.581. The Balaban J connectivity index is 1.28. The monoisotopic (exact) mass is 563 g/mol. The van der Waals surface area contributed by atoms with Crippen molar-refractivity contribution >= 4 is 40.7 Å². The molecule has 8 heteroatoms. The van der Waals surface area contributed by atoms with Crippen LogP contribution in [-0.2, 0) is 14.3 Å². The molecule has 7 nitrogen and oxygen atoms in total. The molecule has 4 aromatic rings. The maximum atomic E-state index is 14.1. The quantitative estimate of drug-likeness (QED) is 0.219. The highest BCUT2D eigenvalue weighted by molar-refractivity contribution is 6.37. The van der Waals surface area contributed by atoms with Crippen molar-refractivity contribution in [2.75, 3.05) is 4.90 Å². The molecule has 4 aromatic carbocycles. The maximum Gasteiger partial charge on any atom is 0.241 e. The number of rotatable bonds is 4. The summed E-state index contributed by atoms with van der Waals surface area (Å²) in [7, 11) is 0. The van der Waals surface area contributed by atoms with Crippen molar-refractivity contribution in [3.8, 4) is 11.5 Å². The van der Waals surface area contributed by atoms with Crippen LogP contribution in [0.15, 0.2) is 97.1 Å². The second kappa shape index (κ2) is 9.23. The number of imide groups is 1. The average Bonchev–Trinajstić information content (AvgIpc) is 3.55. The second-order valence-corrected chi connectivity index (χ2v) is 10.9. The minimum absolute atomic E-state index is 0.197. The van der Waals surface area contributed by atoms with E-state index in [1.54, 1.807) is 84.9 Å². The van der Waals surface area contributed by atoms with Crippen molar-refractivity contribution in [2.45, 2.75) is 18.6 Å². The van der Waals surface area contributed by atoms with E-state index in [1.165, 1.54) is 0 Å². The number of ketones is 2. The first-order valence-electron chi connectivity index (χ1n) is 13.1. The molecule has 2 heterocycles. The summed E-state index contributed by atoms with van der Waals surface area (Å²) in [5.41, 5.74) is 0.212. The Bertz CT molecular complexity index is 1710. The molecule has 7 rings (SSSR count). The van der Waals surface area contributed by atoms with Crippen LogP contribution in [0.3, 0.4) is 0 Å². The number of fused-ring (bicyclic) bond motifs is 3. The van der Waals surface area contributed by atoms with Crippen molar-refractivity contribution in [1.82, 2.24) is 0 Å². The average molecular weight is 564 g/mol. The van der Waals surface area contributed by atoms with Crippen LogP contribution in [0.25, 0.3) is 0 Å². The maximum absolute atomic E-state index is 14.1. The van der Waals surface area contributed by atoms with Crippen LogP contribution in [0, 0.1) is 18.8 Å². The van der Waals surface area contributed by atoms with Gasteiger partial charge in [-0.3, -0.25) is 19.2 Å². The third-order valence-electron chi connectivity index (χ3n) is 8.07. The molecular formula is C33H22ClNO6. The molecule has 3 aliphatic rings. The molecule has 0 aromatic heterocycles. The predicted molar refractivity (Wildman–Crippen MR) is 150 cm³/mol. The molecule has 2 aliphatic heterocycles. The third kappa shape index (κ3) is 3.70. The number of hydrogen-bond donors (Lipinski definition) is 0. The van der Waals surface area contributed by atoms with Gasteiger partial charge in [0.15, 0.2) is 0 Å². The number of Topliss-reactive ketones (excluding diaryl/α,β-unsaturated/α-hetero) is 2. The van der Waals surface area contributed by atoms with Crippen LogP contribution in [-0.4, -0.2) is 29.0 Å². The molecule has 0 bridgehead atoms. The minimum Gasteiger partial charge on any atom is -0.457 e. The SMILES string of the molecule is Cc1ccc([C@@H]2OC3(C(=O)c4ccccc4C3=O)[C@@H]3C(=O)N(c4ccc(Oc5ccc(Cl)cc5)cc4)C(=O)[C@H]32)cc1. The molecule has 2 fully saturated rings. The molecule has 0 radical (unpaired) electrons. The van der Waals surface area contributed by atoms with Gasteiger partial charge < -0.3 is 9.47 Å². The van der Waals surface area contributed by atoms with Gasteiger partial charge in [-0.25, -0.2) is 4.90 Å². The van der Waals surface area contributed by atoms with E-state index in [0.717, 1.165) is 10.5 Å². The zero-order valence-corrected chi connectivity index (χ0v) is 22.5. The van der Waals surface area contributed by atoms with E-state index in [0.29, 0.717) is 27.8 Å². The van der Waals surface area contributed by atoms with Crippen molar-refractivity contribution in [2.24, 2.45) is 11.8 Å². The van der Waals surface area contributed by atoms with E-state index in [-0.39, 0.29) is 11.1 Å². The number of anilines is 1. The molecule has 1 spiro atoms. The Morgan fingerprint density at radius 1 is 0.732 bits per heavy atom. The first kappa shape index (κ1) is 25.4. The normalized spacial score (nSPS) is 22.4. The smallest absolute Gasteiger partial charge is 0.241 e. The summed E-state index contributed by atoms with van der Waals surface area (Å²) in [6.45, 7) is 1.93. The summed E-state index contributed by atoms with van der Waals surface area (Å²) in [6, 6.07) is 27.1. The summed E-state index contributed by atoms with van der Waals surface area (Å²) < 4.78 is 12.2. The first-order chi connectivity index (χ1) is 19.8. The molecule has 41 heavy (non-hydrogen) atoms. The van der Waals surface area contributed by atoms with Crippen molar-refractivity contribution in [3.05, 3.63) is 124 Å². The van der Waals surface area contributed by atoms with E-state index in [4.69, 9.17) is 21.1 Å².